The molecule has 1 aromatic heterocycles. The Bertz CT molecular complexity index is 501. The maximum Gasteiger partial charge on any atom is 0.124 e. The van der Waals surface area contributed by atoms with Crippen LogP contribution in [0.5, 0.6) is 0 Å². The molecule has 0 atom stereocenters. The van der Waals surface area contributed by atoms with Crippen molar-refractivity contribution in [1.29, 1.82) is 0 Å². The molecule has 0 aliphatic rings. The third-order valence-electron chi connectivity index (χ3n) is 2.32. The van der Waals surface area contributed by atoms with Crippen molar-refractivity contribution in [1.82, 2.24) is 4.98 Å². The number of thiazole rings is 1. The standard InChI is InChI=1S/C13H13ClFNS2/c14-6-2-4-11-8-18-13(16-11)9-17-12-5-1-3-10(15)7-12/h1,3,5,7-8H,2,4,6,9H2. The number of aryl methyl sites for hydroxylation is 1. The molecule has 0 aliphatic carbocycles. The normalized spacial score (nSPS) is 10.8. The van der Waals surface area contributed by atoms with Crippen LogP contribution in [0.4, 0.5) is 4.39 Å². The van der Waals surface area contributed by atoms with E-state index in [4.69, 9.17) is 11.6 Å². The molecule has 0 bridgehead atoms. The molecule has 0 amide bonds. The Balaban J connectivity index is 1.88. The number of halogens is 2. The largest absolute Gasteiger partial charge is 0.245 e. The summed E-state index contributed by atoms with van der Waals surface area (Å²) in [7, 11) is 0. The maximum atomic E-state index is 13.0. The van der Waals surface area contributed by atoms with Crippen LogP contribution in [0, 0.1) is 5.82 Å². The third kappa shape index (κ3) is 4.26. The summed E-state index contributed by atoms with van der Waals surface area (Å²) >= 11 is 8.91. The molecule has 0 spiro atoms. The van der Waals surface area contributed by atoms with E-state index in [1.54, 1.807) is 35.2 Å². The maximum absolute atomic E-state index is 13.0. The number of aromatic nitrogens is 1. The number of hydrogen-bond donors (Lipinski definition) is 0. The quantitative estimate of drug-likeness (QED) is 0.564. The second-order valence-electron chi connectivity index (χ2n) is 3.77. The highest BCUT2D eigenvalue weighted by atomic mass is 35.5. The molecule has 0 unspecified atom stereocenters. The fraction of sp³-hybridized carbons (Fsp3) is 0.308. The van der Waals surface area contributed by atoms with Gasteiger partial charge in [0.05, 0.1) is 11.4 Å². The Morgan fingerprint density at radius 1 is 1.39 bits per heavy atom. The number of alkyl halides is 1. The number of benzene rings is 1. The Hall–Kier alpha value is -0.580. The summed E-state index contributed by atoms with van der Waals surface area (Å²) in [5.41, 5.74) is 1.11. The topological polar surface area (TPSA) is 12.9 Å². The van der Waals surface area contributed by atoms with Gasteiger partial charge in [-0.3, -0.25) is 0 Å². The average Bonchev–Trinajstić information content (AvgIpc) is 2.82. The second-order valence-corrected chi connectivity index (χ2v) is 6.14. The van der Waals surface area contributed by atoms with E-state index in [-0.39, 0.29) is 5.82 Å². The zero-order valence-electron chi connectivity index (χ0n) is 9.73. The summed E-state index contributed by atoms with van der Waals surface area (Å²) in [5, 5.41) is 3.16. The SMILES string of the molecule is Fc1cccc(SCc2nc(CCCCl)cs2)c1. The highest BCUT2D eigenvalue weighted by Crippen LogP contribution is 2.25. The third-order valence-corrected chi connectivity index (χ3v) is 4.68. The molecule has 0 aliphatic heterocycles. The van der Waals surface area contributed by atoms with Crippen molar-refractivity contribution in [2.75, 3.05) is 5.88 Å². The molecule has 96 valence electrons. The molecule has 2 aromatic rings. The van der Waals surface area contributed by atoms with Crippen molar-refractivity contribution >= 4 is 34.7 Å². The Labute approximate surface area is 119 Å². The van der Waals surface area contributed by atoms with E-state index in [0.717, 1.165) is 34.2 Å². The van der Waals surface area contributed by atoms with Crippen LogP contribution in [0.1, 0.15) is 17.1 Å². The molecule has 0 fully saturated rings. The summed E-state index contributed by atoms with van der Waals surface area (Å²) in [6.07, 6.45) is 1.90. The van der Waals surface area contributed by atoms with E-state index in [1.807, 2.05) is 6.07 Å². The highest BCUT2D eigenvalue weighted by molar-refractivity contribution is 7.98. The van der Waals surface area contributed by atoms with Gasteiger partial charge in [0.2, 0.25) is 0 Å². The average molecular weight is 302 g/mol. The van der Waals surface area contributed by atoms with Gasteiger partial charge in [-0.2, -0.15) is 0 Å². The first-order chi connectivity index (χ1) is 8.78. The summed E-state index contributed by atoms with van der Waals surface area (Å²) in [4.78, 5) is 5.47. The Kier molecular flexibility index (Phi) is 5.47. The first kappa shape index (κ1) is 13.8. The van der Waals surface area contributed by atoms with Crippen LogP contribution < -0.4 is 0 Å². The minimum absolute atomic E-state index is 0.193. The van der Waals surface area contributed by atoms with Gasteiger partial charge < -0.3 is 0 Å². The van der Waals surface area contributed by atoms with Gasteiger partial charge in [0.25, 0.3) is 0 Å². The van der Waals surface area contributed by atoms with Gasteiger partial charge in [-0.1, -0.05) is 6.07 Å². The lowest BCUT2D eigenvalue weighted by molar-refractivity contribution is 0.624. The molecule has 1 nitrogen and oxygen atoms in total. The van der Waals surface area contributed by atoms with Crippen molar-refractivity contribution in [3.63, 3.8) is 0 Å². The van der Waals surface area contributed by atoms with Gasteiger partial charge in [0, 0.05) is 16.2 Å². The lowest BCUT2D eigenvalue weighted by atomic mass is 10.3. The van der Waals surface area contributed by atoms with Crippen molar-refractivity contribution in [2.45, 2.75) is 23.5 Å². The van der Waals surface area contributed by atoms with Gasteiger partial charge in [-0.25, -0.2) is 9.37 Å². The van der Waals surface area contributed by atoms with Crippen LogP contribution in [0.3, 0.4) is 0 Å². The Morgan fingerprint density at radius 2 is 2.28 bits per heavy atom. The van der Waals surface area contributed by atoms with Crippen molar-refractivity contribution in [2.24, 2.45) is 0 Å². The molecule has 18 heavy (non-hydrogen) atoms. The summed E-state index contributed by atoms with van der Waals surface area (Å²) in [5.74, 6) is 1.27. The molecule has 0 saturated heterocycles. The lowest BCUT2D eigenvalue weighted by Gasteiger charge is -1.99. The van der Waals surface area contributed by atoms with Crippen LogP contribution in [0.25, 0.3) is 0 Å². The fourth-order valence-corrected chi connectivity index (χ4v) is 3.40. The van der Waals surface area contributed by atoms with Crippen LogP contribution in [-0.2, 0) is 12.2 Å². The van der Waals surface area contributed by atoms with Crippen LogP contribution in [0.2, 0.25) is 0 Å². The lowest BCUT2D eigenvalue weighted by Crippen LogP contribution is -1.87. The van der Waals surface area contributed by atoms with E-state index in [0.29, 0.717) is 5.88 Å². The monoisotopic (exact) mass is 301 g/mol. The predicted molar refractivity (Wildman–Crippen MR) is 77.1 cm³/mol. The second kappa shape index (κ2) is 7.12. The van der Waals surface area contributed by atoms with Crippen molar-refractivity contribution in [3.05, 3.63) is 46.2 Å². The smallest absolute Gasteiger partial charge is 0.124 e. The fourth-order valence-electron chi connectivity index (χ4n) is 1.48. The molecule has 0 radical (unpaired) electrons. The van der Waals surface area contributed by atoms with Crippen LogP contribution in [0.15, 0.2) is 34.5 Å². The molecular formula is C13H13ClFNS2. The summed E-state index contributed by atoms with van der Waals surface area (Å²) < 4.78 is 13.0. The molecule has 1 heterocycles. The van der Waals surface area contributed by atoms with E-state index in [1.165, 1.54) is 6.07 Å². The van der Waals surface area contributed by atoms with Gasteiger partial charge in [0.15, 0.2) is 0 Å². The summed E-state index contributed by atoms with van der Waals surface area (Å²) in [6, 6.07) is 6.64. The van der Waals surface area contributed by atoms with Crippen molar-refractivity contribution < 1.29 is 4.39 Å². The minimum atomic E-state index is -0.193. The number of hydrogen-bond acceptors (Lipinski definition) is 3. The zero-order valence-corrected chi connectivity index (χ0v) is 12.1. The molecule has 0 saturated carbocycles. The molecule has 1 aromatic carbocycles. The van der Waals surface area contributed by atoms with E-state index < -0.39 is 0 Å². The number of rotatable bonds is 6. The molecule has 2 rings (SSSR count). The first-order valence-corrected chi connectivity index (χ1v) is 8.05. The van der Waals surface area contributed by atoms with Gasteiger partial charge >= 0.3 is 0 Å². The molecule has 0 N–H and O–H groups in total. The van der Waals surface area contributed by atoms with Gasteiger partial charge in [-0.15, -0.1) is 34.7 Å². The first-order valence-electron chi connectivity index (χ1n) is 5.65. The van der Waals surface area contributed by atoms with Crippen molar-refractivity contribution in [3.8, 4) is 0 Å². The van der Waals surface area contributed by atoms with E-state index >= 15 is 0 Å². The Morgan fingerprint density at radius 3 is 3.06 bits per heavy atom. The van der Waals surface area contributed by atoms with E-state index in [2.05, 4.69) is 10.4 Å². The van der Waals surface area contributed by atoms with E-state index in [9.17, 15) is 4.39 Å². The molecular weight excluding hydrogens is 289 g/mol. The van der Waals surface area contributed by atoms with Gasteiger partial charge in [-0.05, 0) is 31.0 Å². The van der Waals surface area contributed by atoms with Crippen LogP contribution >= 0.6 is 34.7 Å². The van der Waals surface area contributed by atoms with Gasteiger partial charge in [0.1, 0.15) is 10.8 Å². The zero-order chi connectivity index (χ0) is 12.8. The van der Waals surface area contributed by atoms with Crippen LogP contribution in [-0.4, -0.2) is 10.9 Å². The number of thioether (sulfide) groups is 1. The molecule has 5 heteroatoms. The summed E-state index contributed by atoms with van der Waals surface area (Å²) in [6.45, 7) is 0. The number of nitrogens with zero attached hydrogens (tertiary/aromatic N) is 1. The minimum Gasteiger partial charge on any atom is -0.245 e. The predicted octanol–water partition coefficient (Wildman–Crippen LogP) is 4.75. The highest BCUT2D eigenvalue weighted by Gasteiger charge is 2.03.